The normalized spacial score (nSPS) is 14.4. The van der Waals surface area contributed by atoms with Crippen molar-refractivity contribution in [2.24, 2.45) is 5.92 Å². The van der Waals surface area contributed by atoms with E-state index in [9.17, 15) is 14.1 Å². The van der Waals surface area contributed by atoms with Crippen LogP contribution < -0.4 is 10.1 Å². The Morgan fingerprint density at radius 1 is 1.12 bits per heavy atom. The molecule has 1 N–H and O–H groups in total. The van der Waals surface area contributed by atoms with Crippen LogP contribution in [0.25, 0.3) is 11.0 Å². The summed E-state index contributed by atoms with van der Waals surface area (Å²) >= 11 is 0. The largest absolute Gasteiger partial charge is 0.489 e. The number of hydrogen-bond donors (Lipinski definition) is 1. The molecule has 2 aromatic carbocycles. The van der Waals surface area contributed by atoms with Crippen LogP contribution >= 0.6 is 0 Å². The van der Waals surface area contributed by atoms with Crippen LogP contribution in [0.5, 0.6) is 5.75 Å². The van der Waals surface area contributed by atoms with Crippen LogP contribution in [0.4, 0.5) is 10.2 Å². The molecule has 1 amide bonds. The first-order valence-corrected chi connectivity index (χ1v) is 14.4. The first-order chi connectivity index (χ1) is 20.4. The standard InChI is InChI=1S/C33H36FN3O5/c1-22-28-19-27(40-21-23-7-6-17-35-20-23)14-15-29(28)41-32(22)31(24-8-4-3-5-9-24)36-26-12-10-25(11-13-26)33(39)37(2)18-16-30(38)42-34/h6-7,10-15,17,19-20,24,31,36H,3-5,8-9,16,18,21H2,1-2H3. The van der Waals surface area contributed by atoms with Crippen molar-refractivity contribution in [1.82, 2.24) is 9.88 Å². The zero-order chi connectivity index (χ0) is 29.5. The van der Waals surface area contributed by atoms with Gasteiger partial charge in [0.25, 0.3) is 5.91 Å². The summed E-state index contributed by atoms with van der Waals surface area (Å²) in [4.78, 5) is 32.6. The van der Waals surface area contributed by atoms with E-state index >= 15 is 0 Å². The predicted molar refractivity (Wildman–Crippen MR) is 158 cm³/mol. The van der Waals surface area contributed by atoms with E-state index in [0.717, 1.165) is 52.1 Å². The molecular weight excluding hydrogens is 537 g/mol. The Morgan fingerprint density at radius 3 is 2.62 bits per heavy atom. The number of fused-ring (bicyclic) bond motifs is 1. The predicted octanol–water partition coefficient (Wildman–Crippen LogP) is 7.34. The van der Waals surface area contributed by atoms with Crippen molar-refractivity contribution in [3.8, 4) is 5.75 Å². The molecule has 220 valence electrons. The van der Waals surface area contributed by atoms with Crippen molar-refractivity contribution in [3.05, 3.63) is 89.4 Å². The molecule has 1 fully saturated rings. The highest BCUT2D eigenvalue weighted by Gasteiger charge is 2.30. The summed E-state index contributed by atoms with van der Waals surface area (Å²) < 4.78 is 24.5. The molecule has 1 aliphatic rings. The van der Waals surface area contributed by atoms with Gasteiger partial charge in [0, 0.05) is 58.3 Å². The molecule has 4 aromatic rings. The Bertz CT molecular complexity index is 1500. The molecule has 1 aliphatic carbocycles. The van der Waals surface area contributed by atoms with E-state index in [1.807, 2.05) is 42.5 Å². The first-order valence-electron chi connectivity index (χ1n) is 14.4. The number of nitrogens with zero attached hydrogens (tertiary/aromatic N) is 2. The van der Waals surface area contributed by atoms with Crippen LogP contribution in [-0.4, -0.2) is 35.4 Å². The second kappa shape index (κ2) is 13.5. The van der Waals surface area contributed by atoms with Gasteiger partial charge in [-0.25, -0.2) is 4.79 Å². The molecule has 0 radical (unpaired) electrons. The number of carbonyl (C=O) groups excluding carboxylic acids is 2. The third-order valence-electron chi connectivity index (χ3n) is 8.01. The van der Waals surface area contributed by atoms with Gasteiger partial charge in [-0.2, -0.15) is 0 Å². The van der Waals surface area contributed by atoms with Gasteiger partial charge < -0.3 is 19.4 Å². The molecule has 1 saturated carbocycles. The molecule has 2 aromatic heterocycles. The molecule has 8 nitrogen and oxygen atoms in total. The summed E-state index contributed by atoms with van der Waals surface area (Å²) in [6.45, 7) is 2.60. The van der Waals surface area contributed by atoms with Gasteiger partial charge in [0.05, 0.1) is 12.5 Å². The topological polar surface area (TPSA) is 93.9 Å². The summed E-state index contributed by atoms with van der Waals surface area (Å²) in [6.07, 6.45) is 9.16. The Hall–Kier alpha value is -4.40. The molecule has 0 spiro atoms. The van der Waals surface area contributed by atoms with Gasteiger partial charge in [-0.1, -0.05) is 25.3 Å². The molecule has 0 bridgehead atoms. The van der Waals surface area contributed by atoms with E-state index in [1.54, 1.807) is 31.6 Å². The van der Waals surface area contributed by atoms with Gasteiger partial charge in [0.15, 0.2) is 0 Å². The number of ether oxygens (including phenoxy) is 1. The Kier molecular flexibility index (Phi) is 9.36. The number of carbonyl (C=O) groups is 2. The quantitative estimate of drug-likeness (QED) is 0.201. The summed E-state index contributed by atoms with van der Waals surface area (Å²) in [5.41, 5.74) is 4.26. The molecular formula is C33H36FN3O5. The monoisotopic (exact) mass is 573 g/mol. The fraction of sp³-hybridized carbons (Fsp3) is 0.364. The van der Waals surface area contributed by atoms with Crippen molar-refractivity contribution in [1.29, 1.82) is 0 Å². The smallest absolute Gasteiger partial charge is 0.350 e. The van der Waals surface area contributed by atoms with E-state index in [4.69, 9.17) is 9.15 Å². The zero-order valence-corrected chi connectivity index (χ0v) is 24.0. The highest BCUT2D eigenvalue weighted by molar-refractivity contribution is 5.94. The summed E-state index contributed by atoms with van der Waals surface area (Å²) in [5, 5.41) is 4.74. The van der Waals surface area contributed by atoms with Gasteiger partial charge >= 0.3 is 5.97 Å². The Balaban J connectivity index is 1.34. The average molecular weight is 574 g/mol. The Labute approximate surface area is 244 Å². The molecule has 1 unspecified atom stereocenters. The van der Waals surface area contributed by atoms with Crippen molar-refractivity contribution in [3.63, 3.8) is 0 Å². The van der Waals surface area contributed by atoms with Crippen molar-refractivity contribution < 1.29 is 28.2 Å². The van der Waals surface area contributed by atoms with E-state index in [0.29, 0.717) is 18.1 Å². The minimum Gasteiger partial charge on any atom is -0.489 e. The number of rotatable bonds is 11. The van der Waals surface area contributed by atoms with Crippen molar-refractivity contribution in [2.75, 3.05) is 18.9 Å². The van der Waals surface area contributed by atoms with Crippen LogP contribution in [0.2, 0.25) is 0 Å². The number of anilines is 1. The lowest BCUT2D eigenvalue weighted by Crippen LogP contribution is -2.29. The van der Waals surface area contributed by atoms with Gasteiger partial charge in [0.2, 0.25) is 0 Å². The molecule has 42 heavy (non-hydrogen) atoms. The van der Waals surface area contributed by atoms with Gasteiger partial charge in [-0.05, 0) is 74.2 Å². The average Bonchev–Trinajstić information content (AvgIpc) is 3.37. The maximum absolute atomic E-state index is 12.8. The minimum atomic E-state index is -1.00. The summed E-state index contributed by atoms with van der Waals surface area (Å²) in [6, 6.07) is 17.1. The molecule has 0 saturated heterocycles. The van der Waals surface area contributed by atoms with Crippen LogP contribution in [-0.2, 0) is 16.3 Å². The molecule has 2 heterocycles. The first kappa shape index (κ1) is 29.1. The van der Waals surface area contributed by atoms with Crippen molar-refractivity contribution in [2.45, 2.75) is 58.1 Å². The minimum absolute atomic E-state index is 0.0339. The van der Waals surface area contributed by atoms with E-state index < -0.39 is 5.97 Å². The van der Waals surface area contributed by atoms with E-state index in [1.165, 1.54) is 24.2 Å². The lowest BCUT2D eigenvalue weighted by Gasteiger charge is -2.31. The number of pyridine rings is 1. The van der Waals surface area contributed by atoms with Gasteiger partial charge in [0.1, 0.15) is 23.7 Å². The Morgan fingerprint density at radius 2 is 1.90 bits per heavy atom. The number of aromatic nitrogens is 1. The summed E-state index contributed by atoms with van der Waals surface area (Å²) in [5.74, 6) is 0.836. The second-order valence-corrected chi connectivity index (χ2v) is 10.9. The number of nitrogens with one attached hydrogen (secondary N) is 1. The summed E-state index contributed by atoms with van der Waals surface area (Å²) in [7, 11) is 1.57. The van der Waals surface area contributed by atoms with E-state index in [2.05, 4.69) is 22.2 Å². The number of halogens is 1. The fourth-order valence-electron chi connectivity index (χ4n) is 5.63. The lowest BCUT2D eigenvalue weighted by atomic mass is 9.82. The second-order valence-electron chi connectivity index (χ2n) is 10.9. The maximum Gasteiger partial charge on any atom is 0.350 e. The lowest BCUT2D eigenvalue weighted by molar-refractivity contribution is -0.183. The fourth-order valence-corrected chi connectivity index (χ4v) is 5.63. The zero-order valence-electron chi connectivity index (χ0n) is 24.0. The van der Waals surface area contributed by atoms with Gasteiger partial charge in [-0.3, -0.25) is 14.7 Å². The number of furan rings is 1. The van der Waals surface area contributed by atoms with Gasteiger partial charge in [-0.15, -0.1) is 0 Å². The third-order valence-corrected chi connectivity index (χ3v) is 8.01. The molecule has 5 rings (SSSR count). The highest BCUT2D eigenvalue weighted by Crippen LogP contribution is 2.41. The van der Waals surface area contributed by atoms with Crippen LogP contribution in [0, 0.1) is 12.8 Å². The molecule has 1 atom stereocenters. The van der Waals surface area contributed by atoms with Crippen molar-refractivity contribution >= 4 is 28.5 Å². The van der Waals surface area contributed by atoms with Crippen LogP contribution in [0.15, 0.2) is 71.4 Å². The van der Waals surface area contributed by atoms with E-state index in [-0.39, 0.29) is 24.9 Å². The number of amides is 1. The number of benzene rings is 2. The highest BCUT2D eigenvalue weighted by atomic mass is 19.3. The van der Waals surface area contributed by atoms with Crippen LogP contribution in [0.3, 0.4) is 0 Å². The van der Waals surface area contributed by atoms with Crippen LogP contribution in [0.1, 0.15) is 71.8 Å². The molecule has 9 heteroatoms. The maximum atomic E-state index is 12.8. The SMILES string of the molecule is Cc1c(C(Nc2ccc(C(=O)N(C)CCC(=O)OF)cc2)C2CCCCC2)oc2ccc(OCc3cccnc3)cc12. The third kappa shape index (κ3) is 6.90. The number of hydrogen-bond acceptors (Lipinski definition) is 7. The number of aryl methyl sites for hydroxylation is 1. The molecule has 0 aliphatic heterocycles.